The summed E-state index contributed by atoms with van der Waals surface area (Å²) in [6, 6.07) is 23.9. The molecule has 0 aromatic heterocycles. The maximum absolute atomic E-state index is 13.4. The first-order valence-electron chi connectivity index (χ1n) is 8.00. The van der Waals surface area contributed by atoms with Gasteiger partial charge in [0.2, 0.25) is 0 Å². The molecule has 3 rings (SSSR count). The Morgan fingerprint density at radius 1 is 1.04 bits per heavy atom. The van der Waals surface area contributed by atoms with E-state index in [1.165, 1.54) is 12.1 Å². The second kappa shape index (κ2) is 8.63. The molecule has 0 saturated carbocycles. The molecule has 0 aliphatic carbocycles. The highest BCUT2D eigenvalue weighted by Gasteiger charge is 2.06. The number of hydrogen-bond donors (Lipinski definition) is 0. The van der Waals surface area contributed by atoms with Gasteiger partial charge in [-0.25, -0.2) is 4.39 Å². The molecule has 128 valence electrons. The standard InChI is InChI=1S/C22H15FINO/c23-20-8-4-7-18(13-20)19(14-25)11-17-9-10-22(21(24)12-17)26-15-16-5-2-1-3-6-16/h1-13H,15H2/b19-11-. The molecular formula is C22H15FINO. The predicted octanol–water partition coefficient (Wildman–Crippen LogP) is 6.07. The minimum Gasteiger partial charge on any atom is -0.488 e. The van der Waals surface area contributed by atoms with E-state index < -0.39 is 0 Å². The Kier molecular flexibility index (Phi) is 6.03. The van der Waals surface area contributed by atoms with Gasteiger partial charge in [0.15, 0.2) is 0 Å². The third-order valence-corrected chi connectivity index (χ3v) is 4.60. The summed E-state index contributed by atoms with van der Waals surface area (Å²) in [5, 5.41) is 9.40. The van der Waals surface area contributed by atoms with Crippen molar-refractivity contribution >= 4 is 34.2 Å². The van der Waals surface area contributed by atoms with E-state index in [4.69, 9.17) is 4.74 Å². The molecule has 4 heteroatoms. The molecule has 0 unspecified atom stereocenters. The Morgan fingerprint density at radius 3 is 2.54 bits per heavy atom. The van der Waals surface area contributed by atoms with Gasteiger partial charge in [-0.05, 0) is 69.6 Å². The Hall–Kier alpha value is -2.65. The molecule has 0 bridgehead atoms. The summed E-state index contributed by atoms with van der Waals surface area (Å²) < 4.78 is 20.2. The zero-order chi connectivity index (χ0) is 18.4. The molecule has 2 nitrogen and oxygen atoms in total. The highest BCUT2D eigenvalue weighted by atomic mass is 127. The van der Waals surface area contributed by atoms with Crippen molar-refractivity contribution in [3.05, 3.63) is 98.9 Å². The number of hydrogen-bond acceptors (Lipinski definition) is 2. The zero-order valence-electron chi connectivity index (χ0n) is 13.8. The maximum Gasteiger partial charge on any atom is 0.133 e. The van der Waals surface area contributed by atoms with Gasteiger partial charge in [0, 0.05) is 0 Å². The molecule has 3 aromatic rings. The van der Waals surface area contributed by atoms with Crippen molar-refractivity contribution < 1.29 is 9.13 Å². The second-order valence-electron chi connectivity index (χ2n) is 5.64. The van der Waals surface area contributed by atoms with Crippen LogP contribution in [0.25, 0.3) is 11.6 Å². The average Bonchev–Trinajstić information content (AvgIpc) is 2.66. The first kappa shape index (κ1) is 18.2. The van der Waals surface area contributed by atoms with E-state index in [9.17, 15) is 9.65 Å². The third kappa shape index (κ3) is 4.70. The number of halogens is 2. The SMILES string of the molecule is N#C/C(=C/c1ccc(OCc2ccccc2)c(I)c1)c1cccc(F)c1. The second-order valence-corrected chi connectivity index (χ2v) is 6.81. The van der Waals surface area contributed by atoms with Crippen molar-refractivity contribution in [3.8, 4) is 11.8 Å². The van der Waals surface area contributed by atoms with Crippen LogP contribution in [0.1, 0.15) is 16.7 Å². The van der Waals surface area contributed by atoms with E-state index in [0.717, 1.165) is 20.4 Å². The number of nitrogens with zero attached hydrogens (tertiary/aromatic N) is 1. The lowest BCUT2D eigenvalue weighted by Gasteiger charge is -2.09. The molecule has 3 aromatic carbocycles. The van der Waals surface area contributed by atoms with Crippen molar-refractivity contribution in [2.24, 2.45) is 0 Å². The van der Waals surface area contributed by atoms with Crippen LogP contribution in [-0.2, 0) is 6.61 Å². The average molecular weight is 455 g/mol. The normalized spacial score (nSPS) is 11.0. The minimum absolute atomic E-state index is 0.358. The highest BCUT2D eigenvalue weighted by Crippen LogP contribution is 2.26. The summed E-state index contributed by atoms with van der Waals surface area (Å²) in [6.45, 7) is 0.499. The molecule has 0 heterocycles. The first-order chi connectivity index (χ1) is 12.7. The number of ether oxygens (including phenoxy) is 1. The summed E-state index contributed by atoms with van der Waals surface area (Å²) in [6.07, 6.45) is 1.75. The van der Waals surface area contributed by atoms with Crippen LogP contribution < -0.4 is 4.74 Å². The van der Waals surface area contributed by atoms with Crippen LogP contribution in [0, 0.1) is 20.7 Å². The number of allylic oxidation sites excluding steroid dienone is 1. The van der Waals surface area contributed by atoms with Crippen molar-refractivity contribution in [2.45, 2.75) is 6.61 Å². The fourth-order valence-corrected chi connectivity index (χ4v) is 3.16. The minimum atomic E-state index is -0.358. The van der Waals surface area contributed by atoms with E-state index >= 15 is 0 Å². The fraction of sp³-hybridized carbons (Fsp3) is 0.0455. The van der Waals surface area contributed by atoms with Crippen molar-refractivity contribution in [3.63, 3.8) is 0 Å². The maximum atomic E-state index is 13.4. The molecule has 0 spiro atoms. The summed E-state index contributed by atoms with van der Waals surface area (Å²) in [5.41, 5.74) is 2.94. The van der Waals surface area contributed by atoms with Crippen molar-refractivity contribution in [1.82, 2.24) is 0 Å². The van der Waals surface area contributed by atoms with Gasteiger partial charge in [0.1, 0.15) is 18.2 Å². The molecule has 26 heavy (non-hydrogen) atoms. The molecule has 0 N–H and O–H groups in total. The summed E-state index contributed by atoms with van der Waals surface area (Å²) in [4.78, 5) is 0. The van der Waals surface area contributed by atoms with Gasteiger partial charge in [-0.1, -0.05) is 48.5 Å². The van der Waals surface area contributed by atoms with Gasteiger partial charge < -0.3 is 4.74 Å². The summed E-state index contributed by atoms with van der Waals surface area (Å²) in [7, 11) is 0. The lowest BCUT2D eigenvalue weighted by Crippen LogP contribution is -1.97. The van der Waals surface area contributed by atoms with E-state index in [0.29, 0.717) is 17.7 Å². The van der Waals surface area contributed by atoms with Gasteiger partial charge in [-0.15, -0.1) is 0 Å². The Labute approximate surface area is 165 Å². The monoisotopic (exact) mass is 455 g/mol. The topological polar surface area (TPSA) is 33.0 Å². The first-order valence-corrected chi connectivity index (χ1v) is 9.07. The quantitative estimate of drug-likeness (QED) is 0.266. The van der Waals surface area contributed by atoms with E-state index in [1.807, 2.05) is 48.5 Å². The zero-order valence-corrected chi connectivity index (χ0v) is 16.0. The van der Waals surface area contributed by atoms with Crippen LogP contribution >= 0.6 is 22.6 Å². The van der Waals surface area contributed by atoms with Crippen molar-refractivity contribution in [1.29, 1.82) is 5.26 Å². The molecular weight excluding hydrogens is 440 g/mol. The number of nitriles is 1. The third-order valence-electron chi connectivity index (χ3n) is 3.76. The van der Waals surface area contributed by atoms with Gasteiger partial charge in [-0.3, -0.25) is 0 Å². The lowest BCUT2D eigenvalue weighted by molar-refractivity contribution is 0.304. The van der Waals surface area contributed by atoms with Gasteiger partial charge >= 0.3 is 0 Å². The number of rotatable bonds is 5. The largest absolute Gasteiger partial charge is 0.488 e. The van der Waals surface area contributed by atoms with E-state index in [1.54, 1.807) is 18.2 Å². The molecule has 0 aliphatic rings. The van der Waals surface area contributed by atoms with E-state index in [-0.39, 0.29) is 5.82 Å². The van der Waals surface area contributed by atoms with Crippen LogP contribution in [0.4, 0.5) is 4.39 Å². The number of benzene rings is 3. The van der Waals surface area contributed by atoms with Gasteiger partial charge in [0.25, 0.3) is 0 Å². The van der Waals surface area contributed by atoms with Crippen LogP contribution in [0.15, 0.2) is 72.8 Å². The van der Waals surface area contributed by atoms with Crippen LogP contribution in [0.2, 0.25) is 0 Å². The molecule has 0 amide bonds. The summed E-state index contributed by atoms with van der Waals surface area (Å²) in [5.74, 6) is 0.429. The molecule has 0 fully saturated rings. The molecule has 0 radical (unpaired) electrons. The Balaban J connectivity index is 1.79. The van der Waals surface area contributed by atoms with Crippen LogP contribution in [0.5, 0.6) is 5.75 Å². The van der Waals surface area contributed by atoms with Gasteiger partial charge in [0.05, 0.1) is 15.2 Å². The lowest BCUT2D eigenvalue weighted by atomic mass is 10.0. The molecule has 0 atom stereocenters. The van der Waals surface area contributed by atoms with Crippen LogP contribution in [0.3, 0.4) is 0 Å². The highest BCUT2D eigenvalue weighted by molar-refractivity contribution is 14.1. The Morgan fingerprint density at radius 2 is 1.85 bits per heavy atom. The predicted molar refractivity (Wildman–Crippen MR) is 110 cm³/mol. The van der Waals surface area contributed by atoms with Crippen molar-refractivity contribution in [2.75, 3.05) is 0 Å². The smallest absolute Gasteiger partial charge is 0.133 e. The summed E-state index contributed by atoms with van der Waals surface area (Å²) >= 11 is 2.21. The fourth-order valence-electron chi connectivity index (χ4n) is 2.46. The van der Waals surface area contributed by atoms with E-state index in [2.05, 4.69) is 28.7 Å². The Bertz CT molecular complexity index is 977. The molecule has 0 saturated heterocycles. The van der Waals surface area contributed by atoms with Crippen LogP contribution in [-0.4, -0.2) is 0 Å². The van der Waals surface area contributed by atoms with Gasteiger partial charge in [-0.2, -0.15) is 5.26 Å². The molecule has 0 aliphatic heterocycles.